The van der Waals surface area contributed by atoms with Crippen molar-refractivity contribution in [1.82, 2.24) is 39.7 Å². The number of aromatic nitrogens is 8. The summed E-state index contributed by atoms with van der Waals surface area (Å²) in [5.74, 6) is 0.159. The first-order valence-corrected chi connectivity index (χ1v) is 12.7. The highest BCUT2D eigenvalue weighted by Gasteiger charge is 2.23. The van der Waals surface area contributed by atoms with Crippen molar-refractivity contribution in [2.75, 3.05) is 5.32 Å². The maximum Gasteiger partial charge on any atom is 0.227 e. The second-order valence-electron chi connectivity index (χ2n) is 9.82. The van der Waals surface area contributed by atoms with E-state index in [1.54, 1.807) is 24.9 Å². The Balaban J connectivity index is 1.24. The van der Waals surface area contributed by atoms with E-state index in [-0.39, 0.29) is 11.8 Å². The Morgan fingerprint density at radius 2 is 1.92 bits per heavy atom. The van der Waals surface area contributed by atoms with Gasteiger partial charge in [0.15, 0.2) is 0 Å². The highest BCUT2D eigenvalue weighted by Crippen LogP contribution is 2.32. The molecular weight excluding hydrogens is 478 g/mol. The number of hydrogen-bond acceptors (Lipinski definition) is 6. The summed E-state index contributed by atoms with van der Waals surface area (Å²) < 4.78 is 1.97. The van der Waals surface area contributed by atoms with Crippen LogP contribution in [0.2, 0.25) is 0 Å². The Bertz CT molecular complexity index is 1810. The fourth-order valence-corrected chi connectivity index (χ4v) is 5.25. The third-order valence-electron chi connectivity index (χ3n) is 7.20. The molecule has 188 valence electrons. The van der Waals surface area contributed by atoms with E-state index in [1.807, 2.05) is 42.1 Å². The van der Waals surface area contributed by atoms with Crippen LogP contribution in [0.1, 0.15) is 31.4 Å². The molecule has 1 amide bonds. The number of rotatable bonds is 5. The molecule has 10 heteroatoms. The smallest absolute Gasteiger partial charge is 0.227 e. The third kappa shape index (κ3) is 3.90. The summed E-state index contributed by atoms with van der Waals surface area (Å²) in [6, 6.07) is 7.87. The number of H-pyrrole nitrogens is 2. The lowest BCUT2D eigenvalue weighted by Crippen LogP contribution is -2.20. The molecule has 6 aromatic heterocycles. The molecule has 0 atom stereocenters. The molecule has 3 N–H and O–H groups in total. The second kappa shape index (κ2) is 8.91. The SMILES string of the molecule is Cc1cn(-c2cncc3[nH]c(-c4n[nH]c5ccc(-c6cncc(NC(=O)C7CCCC7)c6)nc45)cc23)cn1. The maximum absolute atomic E-state index is 12.6. The van der Waals surface area contributed by atoms with Crippen LogP contribution < -0.4 is 5.32 Å². The normalized spacial score (nSPS) is 14.0. The zero-order valence-electron chi connectivity index (χ0n) is 20.8. The van der Waals surface area contributed by atoms with Crippen molar-refractivity contribution in [3.8, 4) is 28.3 Å². The molecule has 1 saturated carbocycles. The van der Waals surface area contributed by atoms with Gasteiger partial charge >= 0.3 is 0 Å². The molecule has 10 nitrogen and oxygen atoms in total. The van der Waals surface area contributed by atoms with Crippen LogP contribution in [0, 0.1) is 12.8 Å². The Hall–Kier alpha value is -4.86. The summed E-state index contributed by atoms with van der Waals surface area (Å²) in [6.45, 7) is 1.96. The highest BCUT2D eigenvalue weighted by molar-refractivity contribution is 5.97. The van der Waals surface area contributed by atoms with Crippen LogP contribution in [-0.4, -0.2) is 45.6 Å². The Morgan fingerprint density at radius 1 is 1.05 bits per heavy atom. The Morgan fingerprint density at radius 3 is 2.76 bits per heavy atom. The molecule has 0 radical (unpaired) electrons. The number of aromatic amines is 2. The average Bonchev–Trinajstić information content (AvgIpc) is 3.74. The summed E-state index contributed by atoms with van der Waals surface area (Å²) >= 11 is 0. The third-order valence-corrected chi connectivity index (χ3v) is 7.20. The van der Waals surface area contributed by atoms with Gasteiger partial charge in [-0.2, -0.15) is 5.10 Å². The predicted molar refractivity (Wildman–Crippen MR) is 145 cm³/mol. The van der Waals surface area contributed by atoms with E-state index in [9.17, 15) is 4.79 Å². The monoisotopic (exact) mass is 503 g/mol. The molecule has 1 aliphatic rings. The fraction of sp³-hybridized carbons (Fsp3) is 0.214. The number of hydrogen-bond donors (Lipinski definition) is 3. The van der Waals surface area contributed by atoms with Crippen molar-refractivity contribution in [1.29, 1.82) is 0 Å². The lowest BCUT2D eigenvalue weighted by atomic mass is 10.1. The number of fused-ring (bicyclic) bond motifs is 2. The van der Waals surface area contributed by atoms with Crippen LogP contribution >= 0.6 is 0 Å². The quantitative estimate of drug-likeness (QED) is 0.297. The lowest BCUT2D eigenvalue weighted by molar-refractivity contribution is -0.119. The molecule has 1 aliphatic carbocycles. The van der Waals surface area contributed by atoms with Gasteiger partial charge in [0.25, 0.3) is 0 Å². The first-order valence-electron chi connectivity index (χ1n) is 12.7. The minimum atomic E-state index is 0.0699. The van der Waals surface area contributed by atoms with Gasteiger partial charge in [0.2, 0.25) is 5.91 Å². The van der Waals surface area contributed by atoms with E-state index in [0.717, 1.165) is 76.0 Å². The lowest BCUT2D eigenvalue weighted by Gasteiger charge is -2.11. The first-order chi connectivity index (χ1) is 18.6. The van der Waals surface area contributed by atoms with Gasteiger partial charge in [0.05, 0.1) is 64.4 Å². The summed E-state index contributed by atoms with van der Waals surface area (Å²) in [7, 11) is 0. The highest BCUT2D eigenvalue weighted by atomic mass is 16.1. The molecule has 7 rings (SSSR count). The number of nitrogens with one attached hydrogen (secondary N) is 3. The van der Waals surface area contributed by atoms with Crippen LogP contribution in [0.15, 0.2) is 61.6 Å². The number of imidazole rings is 1. The van der Waals surface area contributed by atoms with Gasteiger partial charge in [0.1, 0.15) is 11.2 Å². The number of carbonyl (C=O) groups is 1. The largest absolute Gasteiger partial charge is 0.352 e. The molecule has 0 bridgehead atoms. The Labute approximate surface area is 217 Å². The van der Waals surface area contributed by atoms with Crippen LogP contribution in [0.5, 0.6) is 0 Å². The van der Waals surface area contributed by atoms with Crippen molar-refractivity contribution in [3.05, 3.63) is 67.3 Å². The summed E-state index contributed by atoms with van der Waals surface area (Å²) in [5, 5.41) is 11.7. The van der Waals surface area contributed by atoms with Gasteiger partial charge in [0, 0.05) is 29.3 Å². The standard InChI is InChI=1S/C28H25N9O/c1-16-14-37(15-31-16)25-13-30-12-24-20(25)9-23(33-24)27-26-22(35-36-27)7-6-21(34-26)18-8-19(11-29-10-18)32-28(38)17-4-2-3-5-17/h6-15,17,33H,2-5H2,1H3,(H,32,38)(H,35,36). The summed E-state index contributed by atoms with van der Waals surface area (Å²) in [5.41, 5.74) is 8.12. The van der Waals surface area contributed by atoms with Gasteiger partial charge in [-0.15, -0.1) is 0 Å². The van der Waals surface area contributed by atoms with E-state index in [2.05, 4.69) is 41.5 Å². The van der Waals surface area contributed by atoms with E-state index >= 15 is 0 Å². The van der Waals surface area contributed by atoms with E-state index < -0.39 is 0 Å². The van der Waals surface area contributed by atoms with Gasteiger partial charge in [-0.3, -0.25) is 19.9 Å². The van der Waals surface area contributed by atoms with E-state index in [1.165, 1.54) is 0 Å². The van der Waals surface area contributed by atoms with E-state index in [0.29, 0.717) is 11.4 Å². The molecule has 0 spiro atoms. The average molecular weight is 504 g/mol. The molecule has 0 unspecified atom stereocenters. The van der Waals surface area contributed by atoms with Gasteiger partial charge < -0.3 is 14.9 Å². The molecule has 0 aliphatic heterocycles. The zero-order valence-corrected chi connectivity index (χ0v) is 20.8. The minimum absolute atomic E-state index is 0.0699. The number of aryl methyl sites for hydroxylation is 1. The number of carbonyl (C=O) groups excluding carboxylic acids is 1. The molecule has 6 aromatic rings. The number of nitrogens with zero attached hydrogens (tertiary/aromatic N) is 6. The minimum Gasteiger partial charge on any atom is -0.352 e. The van der Waals surface area contributed by atoms with Crippen LogP contribution in [0.25, 0.3) is 50.3 Å². The van der Waals surface area contributed by atoms with Crippen molar-refractivity contribution in [2.45, 2.75) is 32.6 Å². The fourth-order valence-electron chi connectivity index (χ4n) is 5.25. The summed E-state index contributed by atoms with van der Waals surface area (Å²) in [4.78, 5) is 34.1. The van der Waals surface area contributed by atoms with Gasteiger partial charge in [-0.25, -0.2) is 9.97 Å². The second-order valence-corrected chi connectivity index (χ2v) is 9.82. The van der Waals surface area contributed by atoms with Gasteiger partial charge in [-0.05, 0) is 44.0 Å². The molecule has 38 heavy (non-hydrogen) atoms. The predicted octanol–water partition coefficient (Wildman–Crippen LogP) is 5.19. The molecule has 1 fully saturated rings. The van der Waals surface area contributed by atoms with Crippen molar-refractivity contribution in [2.24, 2.45) is 5.92 Å². The number of anilines is 1. The van der Waals surface area contributed by atoms with Gasteiger partial charge in [-0.1, -0.05) is 12.8 Å². The number of pyridine rings is 3. The zero-order chi connectivity index (χ0) is 25.6. The van der Waals surface area contributed by atoms with Crippen molar-refractivity contribution < 1.29 is 4.79 Å². The van der Waals surface area contributed by atoms with Crippen molar-refractivity contribution >= 4 is 33.5 Å². The molecule has 6 heterocycles. The van der Waals surface area contributed by atoms with Crippen LogP contribution in [0.4, 0.5) is 5.69 Å². The van der Waals surface area contributed by atoms with Crippen LogP contribution in [0.3, 0.4) is 0 Å². The first kappa shape index (κ1) is 22.3. The van der Waals surface area contributed by atoms with Crippen LogP contribution in [-0.2, 0) is 4.79 Å². The maximum atomic E-state index is 12.6. The summed E-state index contributed by atoms with van der Waals surface area (Å²) in [6.07, 6.45) is 15.0. The molecular formula is C28H25N9O. The topological polar surface area (TPSA) is 130 Å². The van der Waals surface area contributed by atoms with E-state index in [4.69, 9.17) is 4.98 Å². The molecule has 0 aromatic carbocycles. The molecule has 0 saturated heterocycles. The van der Waals surface area contributed by atoms with Crippen molar-refractivity contribution in [3.63, 3.8) is 0 Å². The number of amides is 1. The Kier molecular flexibility index (Phi) is 5.24.